The highest BCUT2D eigenvalue weighted by Crippen LogP contribution is 2.22. The Labute approximate surface area is 101 Å². The average molecular weight is 247 g/mol. The van der Waals surface area contributed by atoms with Crippen molar-refractivity contribution in [3.63, 3.8) is 0 Å². The first kappa shape index (κ1) is 11.8. The van der Waals surface area contributed by atoms with Gasteiger partial charge >= 0.3 is 0 Å². The Morgan fingerprint density at radius 2 is 2.06 bits per heavy atom. The normalized spacial score (nSPS) is 10.1. The second kappa shape index (κ2) is 4.70. The van der Waals surface area contributed by atoms with E-state index in [1.807, 2.05) is 0 Å². The van der Waals surface area contributed by atoms with Crippen LogP contribution >= 0.6 is 0 Å². The number of benzene rings is 1. The van der Waals surface area contributed by atoms with E-state index in [4.69, 9.17) is 5.73 Å². The summed E-state index contributed by atoms with van der Waals surface area (Å²) >= 11 is 0. The van der Waals surface area contributed by atoms with Gasteiger partial charge in [0.1, 0.15) is 11.5 Å². The molecule has 2 rings (SSSR count). The lowest BCUT2D eigenvalue weighted by Gasteiger charge is -2.08. The molecule has 0 aliphatic carbocycles. The lowest BCUT2D eigenvalue weighted by Crippen LogP contribution is -2.16. The minimum Gasteiger partial charge on any atom is -0.397 e. The van der Waals surface area contributed by atoms with E-state index in [0.717, 1.165) is 0 Å². The van der Waals surface area contributed by atoms with Gasteiger partial charge in [-0.3, -0.25) is 9.59 Å². The van der Waals surface area contributed by atoms with Gasteiger partial charge in [-0.05, 0) is 18.2 Å². The number of nitrogen functional groups attached to an aromatic ring is 1. The number of nitrogens with two attached hydrogens (primary N) is 1. The minimum absolute atomic E-state index is 0.0753. The molecule has 5 nitrogen and oxygen atoms in total. The standard InChI is InChI=1S/C12H10FN3O2/c13-8-2-1-3-9(14)11(8)16-12(18)7-4-5-10(17)15-6-7/h1-6H,14H2,(H,15,17)(H,16,18). The van der Waals surface area contributed by atoms with Crippen molar-refractivity contribution < 1.29 is 9.18 Å². The number of carbonyl (C=O) groups excluding carboxylic acids is 1. The number of amides is 1. The van der Waals surface area contributed by atoms with Crippen LogP contribution in [-0.4, -0.2) is 10.9 Å². The Balaban J connectivity index is 2.27. The van der Waals surface area contributed by atoms with Gasteiger partial charge in [-0.1, -0.05) is 6.07 Å². The predicted molar refractivity (Wildman–Crippen MR) is 65.8 cm³/mol. The molecule has 18 heavy (non-hydrogen) atoms. The van der Waals surface area contributed by atoms with Crippen molar-refractivity contribution in [2.45, 2.75) is 0 Å². The smallest absolute Gasteiger partial charge is 0.257 e. The van der Waals surface area contributed by atoms with Crippen LogP contribution in [0.1, 0.15) is 10.4 Å². The second-order valence-electron chi connectivity index (χ2n) is 3.60. The van der Waals surface area contributed by atoms with E-state index < -0.39 is 11.7 Å². The molecular formula is C12H10FN3O2. The highest BCUT2D eigenvalue weighted by atomic mass is 19.1. The van der Waals surface area contributed by atoms with Crippen LogP contribution in [0.3, 0.4) is 0 Å². The molecule has 0 unspecified atom stereocenters. The molecule has 0 fully saturated rings. The summed E-state index contributed by atoms with van der Waals surface area (Å²) in [6.45, 7) is 0. The highest BCUT2D eigenvalue weighted by molar-refractivity contribution is 6.05. The Morgan fingerprint density at radius 1 is 1.28 bits per heavy atom. The van der Waals surface area contributed by atoms with E-state index in [-0.39, 0.29) is 22.5 Å². The zero-order chi connectivity index (χ0) is 13.1. The van der Waals surface area contributed by atoms with Gasteiger partial charge in [0.15, 0.2) is 0 Å². The highest BCUT2D eigenvalue weighted by Gasteiger charge is 2.11. The van der Waals surface area contributed by atoms with E-state index in [9.17, 15) is 14.0 Å². The molecule has 2 aromatic rings. The van der Waals surface area contributed by atoms with E-state index in [1.54, 1.807) is 0 Å². The van der Waals surface area contributed by atoms with Gasteiger partial charge in [-0.2, -0.15) is 0 Å². The summed E-state index contributed by atoms with van der Waals surface area (Å²) in [5, 5.41) is 2.35. The number of aromatic nitrogens is 1. The number of carbonyl (C=O) groups is 1. The number of rotatable bonds is 2. The molecule has 0 saturated carbocycles. The molecule has 0 saturated heterocycles. The molecule has 0 atom stereocenters. The molecule has 0 spiro atoms. The molecule has 0 aliphatic heterocycles. The third-order valence-corrected chi connectivity index (χ3v) is 2.33. The fourth-order valence-electron chi connectivity index (χ4n) is 1.41. The zero-order valence-electron chi connectivity index (χ0n) is 9.24. The van der Waals surface area contributed by atoms with Crippen LogP contribution in [0.15, 0.2) is 41.3 Å². The van der Waals surface area contributed by atoms with Gasteiger partial charge < -0.3 is 16.0 Å². The quantitative estimate of drug-likeness (QED) is 0.700. The molecule has 0 radical (unpaired) electrons. The van der Waals surface area contributed by atoms with Crippen LogP contribution in [0, 0.1) is 5.82 Å². The van der Waals surface area contributed by atoms with Crippen LogP contribution in [0.2, 0.25) is 0 Å². The number of halogens is 1. The van der Waals surface area contributed by atoms with Crippen LogP contribution in [0.25, 0.3) is 0 Å². The molecule has 6 heteroatoms. The number of hydrogen-bond acceptors (Lipinski definition) is 3. The number of aromatic amines is 1. The van der Waals surface area contributed by atoms with Crippen LogP contribution < -0.4 is 16.6 Å². The zero-order valence-corrected chi connectivity index (χ0v) is 9.24. The molecular weight excluding hydrogens is 237 g/mol. The predicted octanol–water partition coefficient (Wildman–Crippen LogP) is 1.35. The molecule has 1 aromatic heterocycles. The first-order valence-electron chi connectivity index (χ1n) is 5.12. The van der Waals surface area contributed by atoms with Gasteiger partial charge in [-0.25, -0.2) is 4.39 Å². The molecule has 4 N–H and O–H groups in total. The SMILES string of the molecule is Nc1cccc(F)c1NC(=O)c1ccc(=O)[nH]c1. The Hall–Kier alpha value is -2.63. The van der Waals surface area contributed by atoms with Gasteiger partial charge in [0.25, 0.3) is 5.91 Å². The van der Waals surface area contributed by atoms with Gasteiger partial charge in [0.2, 0.25) is 5.56 Å². The summed E-state index contributed by atoms with van der Waals surface area (Å²) in [7, 11) is 0. The number of H-pyrrole nitrogens is 1. The number of pyridine rings is 1. The molecule has 0 bridgehead atoms. The van der Waals surface area contributed by atoms with Gasteiger partial charge in [0.05, 0.1) is 11.3 Å². The topological polar surface area (TPSA) is 88.0 Å². The van der Waals surface area contributed by atoms with Gasteiger partial charge in [-0.15, -0.1) is 0 Å². The van der Waals surface area contributed by atoms with E-state index >= 15 is 0 Å². The monoisotopic (exact) mass is 247 g/mol. The van der Waals surface area contributed by atoms with E-state index in [1.165, 1.54) is 36.5 Å². The molecule has 1 heterocycles. The lowest BCUT2D eigenvalue weighted by molar-refractivity contribution is 0.102. The lowest BCUT2D eigenvalue weighted by atomic mass is 10.2. The summed E-state index contributed by atoms with van der Waals surface area (Å²) in [6.07, 6.45) is 1.24. The summed E-state index contributed by atoms with van der Waals surface area (Å²) < 4.78 is 13.4. The van der Waals surface area contributed by atoms with Crippen molar-refractivity contribution in [2.75, 3.05) is 11.1 Å². The van der Waals surface area contributed by atoms with E-state index in [2.05, 4.69) is 10.3 Å². The van der Waals surface area contributed by atoms with Crippen molar-refractivity contribution in [1.82, 2.24) is 4.98 Å². The first-order chi connectivity index (χ1) is 8.58. The van der Waals surface area contributed by atoms with Crippen molar-refractivity contribution in [3.8, 4) is 0 Å². The minimum atomic E-state index is -0.618. The van der Waals surface area contributed by atoms with E-state index in [0.29, 0.717) is 0 Å². The van der Waals surface area contributed by atoms with Crippen LogP contribution in [0.5, 0.6) is 0 Å². The fraction of sp³-hybridized carbons (Fsp3) is 0. The van der Waals surface area contributed by atoms with Crippen LogP contribution in [-0.2, 0) is 0 Å². The summed E-state index contributed by atoms with van der Waals surface area (Å²) in [6, 6.07) is 6.66. The molecule has 92 valence electrons. The number of nitrogens with one attached hydrogen (secondary N) is 2. The molecule has 1 amide bonds. The maximum absolute atomic E-state index is 13.4. The summed E-state index contributed by atoms with van der Waals surface area (Å²) in [5.74, 6) is -1.17. The maximum atomic E-state index is 13.4. The Morgan fingerprint density at radius 3 is 2.67 bits per heavy atom. The van der Waals surface area contributed by atoms with Crippen molar-refractivity contribution in [3.05, 3.63) is 58.3 Å². The van der Waals surface area contributed by atoms with Crippen molar-refractivity contribution in [1.29, 1.82) is 0 Å². The summed E-state index contributed by atoms with van der Waals surface area (Å²) in [4.78, 5) is 25.0. The Bertz CT molecular complexity index is 611. The molecule has 1 aromatic carbocycles. The maximum Gasteiger partial charge on any atom is 0.257 e. The van der Waals surface area contributed by atoms with Crippen molar-refractivity contribution >= 4 is 17.3 Å². The average Bonchev–Trinajstić information content (AvgIpc) is 2.34. The van der Waals surface area contributed by atoms with Crippen LogP contribution in [0.4, 0.5) is 15.8 Å². The van der Waals surface area contributed by atoms with Gasteiger partial charge in [0, 0.05) is 12.3 Å². The first-order valence-corrected chi connectivity index (χ1v) is 5.12. The fourth-order valence-corrected chi connectivity index (χ4v) is 1.41. The number of anilines is 2. The largest absolute Gasteiger partial charge is 0.397 e. The number of hydrogen-bond donors (Lipinski definition) is 3. The van der Waals surface area contributed by atoms with Crippen molar-refractivity contribution in [2.24, 2.45) is 0 Å². The summed E-state index contributed by atoms with van der Waals surface area (Å²) in [5.41, 5.74) is 5.50. The third kappa shape index (κ3) is 2.37. The Kier molecular flexibility index (Phi) is 3.09. The second-order valence-corrected chi connectivity index (χ2v) is 3.60. The molecule has 0 aliphatic rings. The third-order valence-electron chi connectivity index (χ3n) is 2.33. The number of para-hydroxylation sites is 1.